The molecule has 0 saturated heterocycles. The summed E-state index contributed by atoms with van der Waals surface area (Å²) in [6.45, 7) is 0. The minimum absolute atomic E-state index is 0.0424. The van der Waals surface area contributed by atoms with Crippen LogP contribution < -0.4 is 5.32 Å². The van der Waals surface area contributed by atoms with Gasteiger partial charge in [-0.25, -0.2) is 0 Å². The van der Waals surface area contributed by atoms with Crippen molar-refractivity contribution in [2.75, 3.05) is 5.32 Å². The number of carbonyl (C=O) groups excluding carboxylic acids is 1. The molecule has 7 heteroatoms. The van der Waals surface area contributed by atoms with Crippen LogP contribution in [0.1, 0.15) is 23.6 Å². The Morgan fingerprint density at radius 2 is 1.93 bits per heavy atom. The zero-order chi connectivity index (χ0) is 18.2. The molecule has 0 aromatic carbocycles. The van der Waals surface area contributed by atoms with E-state index in [-0.39, 0.29) is 11.8 Å². The monoisotopic (exact) mass is 356 g/mol. The van der Waals surface area contributed by atoms with Gasteiger partial charge in [0.15, 0.2) is 5.82 Å². The van der Waals surface area contributed by atoms with Crippen molar-refractivity contribution >= 4 is 11.7 Å². The summed E-state index contributed by atoms with van der Waals surface area (Å²) in [5.41, 5.74) is 4.84. The molecule has 27 heavy (non-hydrogen) atoms. The van der Waals surface area contributed by atoms with Crippen LogP contribution in [0.15, 0.2) is 67.4 Å². The van der Waals surface area contributed by atoms with Crippen molar-refractivity contribution in [2.24, 2.45) is 0 Å². The van der Waals surface area contributed by atoms with Gasteiger partial charge in [0.25, 0.3) is 0 Å². The Morgan fingerprint density at radius 1 is 1.04 bits per heavy atom. The lowest BCUT2D eigenvalue weighted by Gasteiger charge is -2.24. The Morgan fingerprint density at radius 3 is 2.74 bits per heavy atom. The molecular weight excluding hydrogens is 340 g/mol. The predicted molar refractivity (Wildman–Crippen MR) is 100 cm³/mol. The molecule has 0 spiro atoms. The zero-order valence-electron chi connectivity index (χ0n) is 14.3. The van der Waals surface area contributed by atoms with Crippen molar-refractivity contribution < 1.29 is 4.79 Å². The Kier molecular flexibility index (Phi) is 3.57. The SMILES string of the molecule is O=C1CC(c2cccn2-c2ccncc2)c2c(n[nH]c2-c2cccnc2)N1. The summed E-state index contributed by atoms with van der Waals surface area (Å²) < 4.78 is 2.09. The second-order valence-electron chi connectivity index (χ2n) is 6.42. The van der Waals surface area contributed by atoms with E-state index >= 15 is 0 Å². The molecule has 0 fully saturated rings. The van der Waals surface area contributed by atoms with Gasteiger partial charge in [-0.05, 0) is 36.4 Å². The molecule has 0 radical (unpaired) electrons. The lowest BCUT2D eigenvalue weighted by Crippen LogP contribution is -2.24. The van der Waals surface area contributed by atoms with Gasteiger partial charge in [-0.3, -0.25) is 19.9 Å². The summed E-state index contributed by atoms with van der Waals surface area (Å²) in [6, 6.07) is 11.8. The molecule has 1 amide bonds. The van der Waals surface area contributed by atoms with Gasteiger partial charge in [-0.2, -0.15) is 5.10 Å². The lowest BCUT2D eigenvalue weighted by molar-refractivity contribution is -0.116. The van der Waals surface area contributed by atoms with E-state index in [1.54, 1.807) is 24.8 Å². The molecule has 1 unspecified atom stereocenters. The highest BCUT2D eigenvalue weighted by atomic mass is 16.1. The standard InChI is InChI=1S/C20H16N6O/c27-17-11-15(16-4-2-10-26(16)14-5-8-21-9-6-14)18-19(24-25-20(18)23-17)13-3-1-7-22-12-13/h1-10,12,15H,11H2,(H2,23,24,25,27). The summed E-state index contributed by atoms with van der Waals surface area (Å²) >= 11 is 0. The van der Waals surface area contributed by atoms with E-state index in [4.69, 9.17) is 0 Å². The molecule has 5 heterocycles. The second-order valence-corrected chi connectivity index (χ2v) is 6.42. The first-order chi connectivity index (χ1) is 13.3. The van der Waals surface area contributed by atoms with Crippen molar-refractivity contribution in [1.82, 2.24) is 24.7 Å². The number of amides is 1. The summed E-state index contributed by atoms with van der Waals surface area (Å²) in [5.74, 6) is 0.419. The predicted octanol–water partition coefficient (Wildman–Crippen LogP) is 3.13. The number of pyridine rings is 2. The van der Waals surface area contributed by atoms with Gasteiger partial charge in [-0.1, -0.05) is 0 Å². The van der Waals surface area contributed by atoms with Gasteiger partial charge in [-0.15, -0.1) is 0 Å². The minimum atomic E-state index is -0.120. The average Bonchev–Trinajstić information content (AvgIpc) is 3.36. The third-order valence-corrected chi connectivity index (χ3v) is 4.83. The Balaban J connectivity index is 1.68. The van der Waals surface area contributed by atoms with Crippen LogP contribution in [0.25, 0.3) is 16.9 Å². The Labute approximate surface area is 155 Å². The number of carbonyl (C=O) groups is 1. The molecule has 2 N–H and O–H groups in total. The average molecular weight is 356 g/mol. The minimum Gasteiger partial charge on any atom is -0.320 e. The molecule has 4 aromatic heterocycles. The van der Waals surface area contributed by atoms with E-state index in [2.05, 4.69) is 30.0 Å². The van der Waals surface area contributed by atoms with Crippen LogP contribution in [-0.2, 0) is 4.79 Å². The molecule has 7 nitrogen and oxygen atoms in total. The molecular formula is C20H16N6O. The third kappa shape index (κ3) is 2.60. The molecule has 0 aliphatic carbocycles. The topological polar surface area (TPSA) is 88.5 Å². The van der Waals surface area contributed by atoms with Crippen LogP contribution in [0.5, 0.6) is 0 Å². The summed E-state index contributed by atoms with van der Waals surface area (Å²) in [5, 5.41) is 10.3. The fraction of sp³-hybridized carbons (Fsp3) is 0.100. The number of aromatic amines is 1. The molecule has 4 aromatic rings. The number of hydrogen-bond acceptors (Lipinski definition) is 4. The van der Waals surface area contributed by atoms with Crippen molar-refractivity contribution in [1.29, 1.82) is 0 Å². The molecule has 0 bridgehead atoms. The lowest BCUT2D eigenvalue weighted by atomic mass is 9.87. The second kappa shape index (κ2) is 6.21. The molecule has 132 valence electrons. The van der Waals surface area contributed by atoms with Crippen LogP contribution in [0.2, 0.25) is 0 Å². The van der Waals surface area contributed by atoms with Gasteiger partial charge >= 0.3 is 0 Å². The highest BCUT2D eigenvalue weighted by molar-refractivity contribution is 5.96. The van der Waals surface area contributed by atoms with Gasteiger partial charge in [0, 0.05) is 65.8 Å². The fourth-order valence-electron chi connectivity index (χ4n) is 3.66. The maximum Gasteiger partial charge on any atom is 0.226 e. The largest absolute Gasteiger partial charge is 0.320 e. The van der Waals surface area contributed by atoms with Crippen LogP contribution in [-0.4, -0.2) is 30.6 Å². The van der Waals surface area contributed by atoms with Crippen LogP contribution in [0.3, 0.4) is 0 Å². The maximum absolute atomic E-state index is 12.3. The maximum atomic E-state index is 12.3. The smallest absolute Gasteiger partial charge is 0.226 e. The summed E-state index contributed by atoms with van der Waals surface area (Å²) in [7, 11) is 0. The molecule has 0 saturated carbocycles. The Bertz CT molecular complexity index is 1100. The number of hydrogen-bond donors (Lipinski definition) is 2. The van der Waals surface area contributed by atoms with Gasteiger partial charge in [0.05, 0.1) is 5.69 Å². The molecule has 1 aliphatic heterocycles. The zero-order valence-corrected chi connectivity index (χ0v) is 14.3. The molecule has 1 atom stereocenters. The third-order valence-electron chi connectivity index (χ3n) is 4.83. The van der Waals surface area contributed by atoms with Crippen LogP contribution >= 0.6 is 0 Å². The van der Waals surface area contributed by atoms with Gasteiger partial charge in [0.1, 0.15) is 0 Å². The highest BCUT2D eigenvalue weighted by Crippen LogP contribution is 2.42. The van der Waals surface area contributed by atoms with Gasteiger partial charge in [0.2, 0.25) is 5.91 Å². The highest BCUT2D eigenvalue weighted by Gasteiger charge is 2.33. The number of anilines is 1. The summed E-state index contributed by atoms with van der Waals surface area (Å²) in [6.07, 6.45) is 9.41. The normalized spacial score (nSPS) is 16.0. The van der Waals surface area contributed by atoms with Gasteiger partial charge < -0.3 is 9.88 Å². The summed E-state index contributed by atoms with van der Waals surface area (Å²) in [4.78, 5) is 20.6. The van der Waals surface area contributed by atoms with Crippen LogP contribution in [0, 0.1) is 0 Å². The van der Waals surface area contributed by atoms with E-state index in [0.29, 0.717) is 12.2 Å². The van der Waals surface area contributed by atoms with Crippen LogP contribution in [0.4, 0.5) is 5.82 Å². The van der Waals surface area contributed by atoms with Crippen molar-refractivity contribution in [3.05, 3.63) is 78.6 Å². The first-order valence-electron chi connectivity index (χ1n) is 8.67. The van der Waals surface area contributed by atoms with Crippen molar-refractivity contribution in [2.45, 2.75) is 12.3 Å². The van der Waals surface area contributed by atoms with E-state index in [0.717, 1.165) is 28.2 Å². The van der Waals surface area contributed by atoms with Crippen molar-refractivity contribution in [3.63, 3.8) is 0 Å². The van der Waals surface area contributed by atoms with E-state index in [1.807, 2.05) is 42.6 Å². The van der Waals surface area contributed by atoms with E-state index in [9.17, 15) is 4.79 Å². The quantitative estimate of drug-likeness (QED) is 0.590. The first-order valence-corrected chi connectivity index (χ1v) is 8.67. The number of fused-ring (bicyclic) bond motifs is 1. The van der Waals surface area contributed by atoms with Crippen molar-refractivity contribution in [3.8, 4) is 16.9 Å². The molecule has 5 rings (SSSR count). The first kappa shape index (κ1) is 15.5. The number of nitrogens with one attached hydrogen (secondary N) is 2. The van der Waals surface area contributed by atoms with E-state index < -0.39 is 0 Å². The number of rotatable bonds is 3. The number of nitrogens with zero attached hydrogens (tertiary/aromatic N) is 4. The number of aromatic nitrogens is 5. The fourth-order valence-corrected chi connectivity index (χ4v) is 3.66. The Hall–Kier alpha value is -3.74. The number of H-pyrrole nitrogens is 1. The molecule has 1 aliphatic rings. The van der Waals surface area contributed by atoms with E-state index in [1.165, 1.54) is 0 Å².